The molecule has 0 saturated heterocycles. The first-order valence-electron chi connectivity index (χ1n) is 7.16. The van der Waals surface area contributed by atoms with Gasteiger partial charge in [0, 0.05) is 0 Å². The van der Waals surface area contributed by atoms with Gasteiger partial charge in [-0.1, -0.05) is 40.8 Å². The highest BCUT2D eigenvalue weighted by atomic mass is 32.2. The van der Waals surface area contributed by atoms with Crippen molar-refractivity contribution in [3.8, 4) is 0 Å². The monoisotopic (exact) mass is 309 g/mol. The molecule has 108 valence electrons. The van der Waals surface area contributed by atoms with Gasteiger partial charge < -0.3 is 0 Å². The van der Waals surface area contributed by atoms with E-state index in [0.717, 1.165) is 20.2 Å². The van der Waals surface area contributed by atoms with Crippen molar-refractivity contribution in [2.75, 3.05) is 0 Å². The first-order chi connectivity index (χ1) is 10.8. The predicted octanol–water partition coefficient (Wildman–Crippen LogP) is 3.71. The molecule has 0 spiro atoms. The van der Waals surface area contributed by atoms with Gasteiger partial charge in [-0.2, -0.15) is 0 Å². The average Bonchev–Trinajstić information content (AvgIpc) is 2.57. The highest BCUT2D eigenvalue weighted by Gasteiger charge is 2.37. The van der Waals surface area contributed by atoms with Gasteiger partial charge in [0.25, 0.3) is 0 Å². The molecule has 2 aromatic carbocycles. The highest BCUT2D eigenvalue weighted by Crippen LogP contribution is 2.33. The summed E-state index contributed by atoms with van der Waals surface area (Å²) in [6.07, 6.45) is 7.92. The zero-order valence-electron chi connectivity index (χ0n) is 11.7. The number of benzene rings is 2. The molecule has 3 heteroatoms. The summed E-state index contributed by atoms with van der Waals surface area (Å²) in [5, 5.41) is 0. The van der Waals surface area contributed by atoms with Crippen LogP contribution < -0.4 is 0 Å². The van der Waals surface area contributed by atoms with Crippen LogP contribution in [-0.2, 0) is 10.5 Å². The Bertz CT molecular complexity index is 859. The van der Waals surface area contributed by atoms with Gasteiger partial charge in [-0.15, -0.1) is 0 Å². The highest BCUT2D eigenvalue weighted by molar-refractivity contribution is 7.97. The maximum atomic E-state index is 13.3. The number of rotatable bonds is 1. The number of carbonyl (C=O) groups excluding carboxylic acids is 1. The molecule has 2 unspecified atom stereocenters. The first-order valence-corrected chi connectivity index (χ1v) is 8.50. The molecule has 1 nitrogen and oxygen atoms in total. The van der Waals surface area contributed by atoms with Gasteiger partial charge in [-0.05, 0) is 42.5 Å². The summed E-state index contributed by atoms with van der Waals surface area (Å²) < 4.78 is 13.3. The SMILES string of the molecule is O=C1c2ccccc2[SH+](c2ccc(F)cc2)=C2C=CC=CC12. The zero-order chi connectivity index (χ0) is 15.1. The Labute approximate surface area is 130 Å². The normalized spacial score (nSPS) is 22.4. The number of halogens is 1. The second-order valence-corrected chi connectivity index (χ2v) is 7.53. The van der Waals surface area contributed by atoms with Crippen LogP contribution in [0.25, 0.3) is 0 Å². The quantitative estimate of drug-likeness (QED) is 0.446. The van der Waals surface area contributed by atoms with E-state index in [1.54, 1.807) is 0 Å². The summed E-state index contributed by atoms with van der Waals surface area (Å²) in [5.41, 5.74) is 0.798. The molecule has 0 aromatic heterocycles. The van der Waals surface area contributed by atoms with Crippen molar-refractivity contribution < 1.29 is 9.18 Å². The van der Waals surface area contributed by atoms with Gasteiger partial charge in [-0.25, -0.2) is 4.39 Å². The fourth-order valence-electron chi connectivity index (χ4n) is 3.03. The Morgan fingerprint density at radius 1 is 0.955 bits per heavy atom. The van der Waals surface area contributed by atoms with Crippen LogP contribution in [-0.4, -0.2) is 10.6 Å². The molecule has 4 rings (SSSR count). The lowest BCUT2D eigenvalue weighted by Crippen LogP contribution is -2.31. The minimum absolute atomic E-state index is 0.159. The molecule has 0 N–H and O–H groups in total. The summed E-state index contributed by atoms with van der Waals surface area (Å²) in [5.74, 6) is -0.260. The van der Waals surface area contributed by atoms with Crippen LogP contribution in [0.1, 0.15) is 10.4 Å². The van der Waals surface area contributed by atoms with Gasteiger partial charge in [0.15, 0.2) is 5.78 Å². The molecule has 0 fully saturated rings. The lowest BCUT2D eigenvalue weighted by Gasteiger charge is -2.23. The molecule has 0 saturated carbocycles. The van der Waals surface area contributed by atoms with Crippen LogP contribution in [0.15, 0.2) is 82.6 Å². The van der Waals surface area contributed by atoms with Crippen molar-refractivity contribution >= 4 is 21.1 Å². The molecule has 2 aromatic rings. The van der Waals surface area contributed by atoms with Gasteiger partial charge >= 0.3 is 0 Å². The molecule has 2 atom stereocenters. The topological polar surface area (TPSA) is 17.1 Å². The Kier molecular flexibility index (Phi) is 3.16. The van der Waals surface area contributed by atoms with E-state index < -0.39 is 10.5 Å². The van der Waals surface area contributed by atoms with E-state index in [1.807, 2.05) is 60.7 Å². The van der Waals surface area contributed by atoms with E-state index in [4.69, 9.17) is 0 Å². The standard InChI is InChI=1S/C19H13FOS/c20-13-9-11-14(12-10-13)22-17-7-3-1-5-15(17)19(21)16-6-2-4-8-18(16)22/h1-12,15H/p+1. The lowest BCUT2D eigenvalue weighted by molar-refractivity contribution is 0.0969. The minimum atomic E-state index is -0.788. The third kappa shape index (κ3) is 2.01. The van der Waals surface area contributed by atoms with Gasteiger partial charge in [0.2, 0.25) is 0 Å². The zero-order valence-corrected chi connectivity index (χ0v) is 12.6. The summed E-state index contributed by atoms with van der Waals surface area (Å²) >= 11 is 0. The van der Waals surface area contributed by atoms with Crippen molar-refractivity contribution in [1.29, 1.82) is 0 Å². The first kappa shape index (κ1) is 13.4. The number of thiol groups is 1. The van der Waals surface area contributed by atoms with Crippen molar-refractivity contribution in [3.05, 3.63) is 84.2 Å². The maximum absolute atomic E-state index is 13.3. The average molecular weight is 309 g/mol. The molecule has 1 aliphatic carbocycles. The number of fused-ring (bicyclic) bond motifs is 2. The smallest absolute Gasteiger partial charge is 0.183 e. The number of Topliss-reactive ketones (excluding diaryl/α,β-unsaturated/α-hetero) is 1. The summed E-state index contributed by atoms with van der Waals surface area (Å²) in [6, 6.07) is 14.5. The van der Waals surface area contributed by atoms with Crippen LogP contribution in [0.2, 0.25) is 0 Å². The van der Waals surface area contributed by atoms with Gasteiger partial charge in [-0.3, -0.25) is 4.79 Å². The van der Waals surface area contributed by atoms with Crippen LogP contribution in [0.5, 0.6) is 0 Å². The van der Waals surface area contributed by atoms with Crippen molar-refractivity contribution in [1.82, 2.24) is 0 Å². The van der Waals surface area contributed by atoms with Crippen LogP contribution >= 0.6 is 0 Å². The van der Waals surface area contributed by atoms with Crippen LogP contribution in [0.3, 0.4) is 0 Å². The predicted molar refractivity (Wildman–Crippen MR) is 89.2 cm³/mol. The Balaban J connectivity index is 2.03. The van der Waals surface area contributed by atoms with Crippen molar-refractivity contribution in [2.24, 2.45) is 5.92 Å². The lowest BCUT2D eigenvalue weighted by atomic mass is 9.91. The number of carbonyl (C=O) groups is 1. The molecule has 22 heavy (non-hydrogen) atoms. The number of hydrogen-bond donors (Lipinski definition) is 0. The van der Waals surface area contributed by atoms with Gasteiger partial charge in [0.1, 0.15) is 26.4 Å². The largest absolute Gasteiger partial charge is 0.293 e. The molecule has 1 aliphatic heterocycles. The van der Waals surface area contributed by atoms with E-state index in [9.17, 15) is 9.18 Å². The number of hydrogen-bond acceptors (Lipinski definition) is 1. The van der Waals surface area contributed by atoms with Crippen molar-refractivity contribution in [3.63, 3.8) is 0 Å². The molecule has 1 heterocycles. The number of ketones is 1. The molecule has 0 radical (unpaired) electrons. The Morgan fingerprint density at radius 3 is 2.55 bits per heavy atom. The van der Waals surface area contributed by atoms with Gasteiger partial charge in [0.05, 0.1) is 5.56 Å². The van der Waals surface area contributed by atoms with E-state index in [-0.39, 0.29) is 17.5 Å². The van der Waals surface area contributed by atoms with E-state index in [2.05, 4.69) is 0 Å². The third-order valence-corrected chi connectivity index (χ3v) is 6.67. The second kappa shape index (κ2) is 5.18. The molecule has 0 amide bonds. The van der Waals surface area contributed by atoms with Crippen molar-refractivity contribution in [2.45, 2.75) is 9.79 Å². The fourth-order valence-corrected chi connectivity index (χ4v) is 5.71. The van der Waals surface area contributed by atoms with E-state index in [1.165, 1.54) is 12.1 Å². The van der Waals surface area contributed by atoms with Crippen LogP contribution in [0.4, 0.5) is 4.39 Å². The summed E-state index contributed by atoms with van der Waals surface area (Å²) in [7, 11) is -0.788. The number of allylic oxidation sites excluding steroid dienone is 4. The second-order valence-electron chi connectivity index (χ2n) is 5.34. The Hall–Kier alpha value is -2.26. The van der Waals surface area contributed by atoms with E-state index >= 15 is 0 Å². The summed E-state index contributed by atoms with van der Waals surface area (Å²) in [6.45, 7) is 0. The maximum Gasteiger partial charge on any atom is 0.183 e. The molecular formula is C19H14FOS+. The fraction of sp³-hybridized carbons (Fsp3) is 0.0526. The van der Waals surface area contributed by atoms with Crippen LogP contribution in [0, 0.1) is 11.7 Å². The molecule has 2 aliphatic rings. The van der Waals surface area contributed by atoms with E-state index in [0.29, 0.717) is 0 Å². The Morgan fingerprint density at radius 2 is 1.73 bits per heavy atom. The summed E-state index contributed by atoms with van der Waals surface area (Å²) in [4.78, 5) is 16.0. The third-order valence-electron chi connectivity index (χ3n) is 4.04. The molecular weight excluding hydrogens is 295 g/mol. The minimum Gasteiger partial charge on any atom is -0.293 e. The molecule has 0 bridgehead atoms.